The summed E-state index contributed by atoms with van der Waals surface area (Å²) >= 11 is 1.31. The van der Waals surface area contributed by atoms with E-state index in [0.29, 0.717) is 10.8 Å². The van der Waals surface area contributed by atoms with Crippen molar-refractivity contribution in [1.29, 1.82) is 0 Å². The van der Waals surface area contributed by atoms with E-state index in [1.165, 1.54) is 28.8 Å². The van der Waals surface area contributed by atoms with Gasteiger partial charge in [-0.05, 0) is 17.7 Å². The van der Waals surface area contributed by atoms with Crippen molar-refractivity contribution in [2.75, 3.05) is 17.7 Å². The number of benzene rings is 2. The van der Waals surface area contributed by atoms with Crippen molar-refractivity contribution in [1.82, 2.24) is 9.97 Å². The minimum atomic E-state index is -0.470. The Bertz CT molecular complexity index is 910. The van der Waals surface area contributed by atoms with Gasteiger partial charge in [-0.1, -0.05) is 42.1 Å². The molecule has 0 atom stereocenters. The Morgan fingerprint density at radius 1 is 1.19 bits per heavy atom. The summed E-state index contributed by atoms with van der Waals surface area (Å²) in [5, 5.41) is 11.4. The summed E-state index contributed by atoms with van der Waals surface area (Å²) in [6.07, 6.45) is 1.74. The Morgan fingerprint density at radius 2 is 1.88 bits per heavy atom. The number of H-pyrrole nitrogens is 1. The minimum absolute atomic E-state index is 0.00648. The molecule has 3 aromatic rings. The second-order valence-electron chi connectivity index (χ2n) is 5.48. The highest BCUT2D eigenvalue weighted by atomic mass is 32.2. The van der Waals surface area contributed by atoms with Crippen LogP contribution in [0.1, 0.15) is 0 Å². The number of nitrogens with zero attached hydrogens (tertiary/aromatic N) is 3. The zero-order valence-corrected chi connectivity index (χ0v) is 14.8. The molecule has 7 nitrogen and oxygen atoms in total. The number of carbonyl (C=O) groups excluding carboxylic acids is 1. The maximum Gasteiger partial charge on any atom is 0.269 e. The number of nitro groups is 1. The molecule has 0 fully saturated rings. The third-order valence-corrected chi connectivity index (χ3v) is 4.66. The number of amides is 1. The molecule has 0 aliphatic carbocycles. The van der Waals surface area contributed by atoms with E-state index in [4.69, 9.17) is 0 Å². The highest BCUT2D eigenvalue weighted by molar-refractivity contribution is 7.99. The number of nitrogens with one attached hydrogen (secondary N) is 1. The maximum atomic E-state index is 12.3. The van der Waals surface area contributed by atoms with Gasteiger partial charge in [-0.3, -0.25) is 14.9 Å². The van der Waals surface area contributed by atoms with Gasteiger partial charge in [0, 0.05) is 24.9 Å². The molecule has 0 aliphatic rings. The number of aromatic nitrogens is 2. The van der Waals surface area contributed by atoms with Crippen LogP contribution in [0.3, 0.4) is 0 Å². The maximum absolute atomic E-state index is 12.3. The lowest BCUT2D eigenvalue weighted by molar-refractivity contribution is -0.384. The molecule has 1 amide bonds. The minimum Gasteiger partial charge on any atom is -0.333 e. The molecule has 3 rings (SSSR count). The van der Waals surface area contributed by atoms with Gasteiger partial charge in [0.2, 0.25) is 5.91 Å². The summed E-state index contributed by atoms with van der Waals surface area (Å²) in [6.45, 7) is 0. The predicted octanol–water partition coefficient (Wildman–Crippen LogP) is 3.74. The van der Waals surface area contributed by atoms with Crippen LogP contribution in [0.2, 0.25) is 0 Å². The number of hydrogen-bond donors (Lipinski definition) is 1. The number of anilines is 1. The van der Waals surface area contributed by atoms with Crippen molar-refractivity contribution in [2.45, 2.75) is 5.16 Å². The Kier molecular flexibility index (Phi) is 5.33. The van der Waals surface area contributed by atoms with Crippen LogP contribution in [-0.2, 0) is 4.79 Å². The number of aromatic amines is 1. The van der Waals surface area contributed by atoms with E-state index in [9.17, 15) is 14.9 Å². The van der Waals surface area contributed by atoms with Crippen LogP contribution < -0.4 is 4.90 Å². The summed E-state index contributed by atoms with van der Waals surface area (Å²) in [4.78, 5) is 31.5. The summed E-state index contributed by atoms with van der Waals surface area (Å²) in [5.41, 5.74) is 2.52. The summed E-state index contributed by atoms with van der Waals surface area (Å²) in [7, 11) is 1.64. The lowest BCUT2D eigenvalue weighted by Gasteiger charge is -2.16. The monoisotopic (exact) mass is 368 g/mol. The average Bonchev–Trinajstić information content (AvgIpc) is 3.15. The fraction of sp³-hybridized carbons (Fsp3) is 0.111. The number of imidazole rings is 1. The van der Waals surface area contributed by atoms with Gasteiger partial charge in [0.25, 0.3) is 5.69 Å². The normalized spacial score (nSPS) is 10.5. The largest absolute Gasteiger partial charge is 0.333 e. The predicted molar refractivity (Wildman–Crippen MR) is 101 cm³/mol. The van der Waals surface area contributed by atoms with Gasteiger partial charge in [-0.15, -0.1) is 0 Å². The highest BCUT2D eigenvalue weighted by Crippen LogP contribution is 2.23. The molecule has 0 radical (unpaired) electrons. The average molecular weight is 368 g/mol. The number of nitro benzene ring substituents is 1. The van der Waals surface area contributed by atoms with E-state index in [1.54, 1.807) is 25.4 Å². The van der Waals surface area contributed by atoms with Crippen molar-refractivity contribution >= 4 is 29.0 Å². The topological polar surface area (TPSA) is 92.1 Å². The van der Waals surface area contributed by atoms with Crippen molar-refractivity contribution < 1.29 is 9.72 Å². The number of carbonyl (C=O) groups is 1. The fourth-order valence-electron chi connectivity index (χ4n) is 2.31. The molecule has 0 unspecified atom stereocenters. The molecule has 0 bridgehead atoms. The van der Waals surface area contributed by atoms with Crippen molar-refractivity contribution in [2.24, 2.45) is 0 Å². The molecule has 26 heavy (non-hydrogen) atoms. The van der Waals surface area contributed by atoms with E-state index in [-0.39, 0.29) is 17.3 Å². The first-order chi connectivity index (χ1) is 12.5. The van der Waals surface area contributed by atoms with Crippen LogP contribution in [0.15, 0.2) is 66.0 Å². The SMILES string of the molecule is CN(C(=O)CSc1ncc(-c2ccccc2)[nH]1)c1ccc([N+](=O)[O-])cc1. The molecule has 0 spiro atoms. The first kappa shape index (κ1) is 17.7. The van der Waals surface area contributed by atoms with E-state index in [1.807, 2.05) is 30.3 Å². The van der Waals surface area contributed by atoms with Gasteiger partial charge in [0.05, 0.1) is 22.6 Å². The molecule has 1 N–H and O–H groups in total. The smallest absolute Gasteiger partial charge is 0.269 e. The van der Waals surface area contributed by atoms with Crippen LogP contribution in [0.25, 0.3) is 11.3 Å². The van der Waals surface area contributed by atoms with E-state index in [2.05, 4.69) is 9.97 Å². The second-order valence-corrected chi connectivity index (χ2v) is 6.45. The highest BCUT2D eigenvalue weighted by Gasteiger charge is 2.14. The van der Waals surface area contributed by atoms with Crippen LogP contribution in [0.5, 0.6) is 0 Å². The second kappa shape index (κ2) is 7.83. The van der Waals surface area contributed by atoms with Crippen molar-refractivity contribution in [3.8, 4) is 11.3 Å². The molecule has 1 aromatic heterocycles. The third kappa shape index (κ3) is 4.09. The lowest BCUT2D eigenvalue weighted by atomic mass is 10.2. The number of hydrogen-bond acceptors (Lipinski definition) is 5. The van der Waals surface area contributed by atoms with Gasteiger partial charge < -0.3 is 9.88 Å². The summed E-state index contributed by atoms with van der Waals surface area (Å²) in [5.74, 6) is 0.0800. The molecule has 0 aliphatic heterocycles. The fourth-order valence-corrected chi connectivity index (χ4v) is 3.07. The Labute approximate surface area is 154 Å². The van der Waals surface area contributed by atoms with Gasteiger partial charge in [0.1, 0.15) is 0 Å². The van der Waals surface area contributed by atoms with Crippen LogP contribution in [0.4, 0.5) is 11.4 Å². The molecular formula is C18H16N4O3S. The molecule has 1 heterocycles. The van der Waals surface area contributed by atoms with E-state index < -0.39 is 4.92 Å². The molecule has 2 aromatic carbocycles. The van der Waals surface area contributed by atoms with Gasteiger partial charge in [-0.2, -0.15) is 0 Å². The third-order valence-electron chi connectivity index (χ3n) is 3.79. The zero-order valence-electron chi connectivity index (χ0n) is 14.0. The first-order valence-corrected chi connectivity index (χ1v) is 8.77. The van der Waals surface area contributed by atoms with Gasteiger partial charge in [0.15, 0.2) is 5.16 Å². The lowest BCUT2D eigenvalue weighted by Crippen LogP contribution is -2.27. The standard InChI is InChI=1S/C18H16N4O3S/c1-21(14-7-9-15(10-8-14)22(24)25)17(23)12-26-18-19-11-16(20-18)13-5-3-2-4-6-13/h2-11H,12H2,1H3,(H,19,20). The summed E-state index contributed by atoms with van der Waals surface area (Å²) < 4.78 is 0. The van der Waals surface area contributed by atoms with Crippen LogP contribution in [0, 0.1) is 10.1 Å². The van der Waals surface area contributed by atoms with E-state index in [0.717, 1.165) is 11.3 Å². The van der Waals surface area contributed by atoms with Crippen LogP contribution >= 0.6 is 11.8 Å². The van der Waals surface area contributed by atoms with Crippen molar-refractivity contribution in [3.63, 3.8) is 0 Å². The Hall–Kier alpha value is -3.13. The van der Waals surface area contributed by atoms with Gasteiger partial charge in [-0.25, -0.2) is 4.98 Å². The summed E-state index contributed by atoms with van der Waals surface area (Å²) in [6, 6.07) is 15.7. The number of rotatable bonds is 6. The quantitative estimate of drug-likeness (QED) is 0.406. The van der Waals surface area contributed by atoms with E-state index >= 15 is 0 Å². The molecule has 132 valence electrons. The van der Waals surface area contributed by atoms with Gasteiger partial charge >= 0.3 is 0 Å². The molecule has 0 saturated carbocycles. The zero-order chi connectivity index (χ0) is 18.5. The van der Waals surface area contributed by atoms with Crippen LogP contribution in [-0.4, -0.2) is 33.6 Å². The molecular weight excluding hydrogens is 352 g/mol. The first-order valence-electron chi connectivity index (χ1n) is 7.79. The number of non-ortho nitro benzene ring substituents is 1. The Balaban J connectivity index is 1.60. The molecule has 0 saturated heterocycles. The Morgan fingerprint density at radius 3 is 2.54 bits per heavy atom. The number of thioether (sulfide) groups is 1. The molecule has 8 heteroatoms. The van der Waals surface area contributed by atoms with Crippen molar-refractivity contribution in [3.05, 3.63) is 70.9 Å².